The number of carbonyl (C=O) groups excluding carboxylic acids is 3. The van der Waals surface area contributed by atoms with E-state index in [1.807, 2.05) is 0 Å². The predicted molar refractivity (Wildman–Crippen MR) is 116 cm³/mol. The van der Waals surface area contributed by atoms with Crippen molar-refractivity contribution >= 4 is 68.7 Å². The van der Waals surface area contributed by atoms with Gasteiger partial charge in [-0.25, -0.2) is 5.01 Å². The van der Waals surface area contributed by atoms with Gasteiger partial charge in [-0.05, 0) is 54.6 Å². The molecule has 2 heterocycles. The molecule has 0 spiro atoms. The lowest BCUT2D eigenvalue weighted by Gasteiger charge is -2.15. The Morgan fingerprint density at radius 3 is 2.55 bits per heavy atom. The lowest BCUT2D eigenvalue weighted by molar-refractivity contribution is -0.255. The van der Waals surface area contributed by atoms with Crippen molar-refractivity contribution in [3.63, 3.8) is 0 Å². The Balaban J connectivity index is 1.65. The molecule has 10 heteroatoms. The summed E-state index contributed by atoms with van der Waals surface area (Å²) in [6, 6.07) is 12.2. The van der Waals surface area contributed by atoms with Crippen molar-refractivity contribution in [2.24, 2.45) is 0 Å². The number of benzene rings is 2. The maximum atomic E-state index is 12.7. The molecule has 7 nitrogen and oxygen atoms in total. The lowest BCUT2D eigenvalue weighted by Crippen LogP contribution is -2.35. The van der Waals surface area contributed by atoms with Gasteiger partial charge in [-0.1, -0.05) is 39.1 Å². The molecule has 1 fully saturated rings. The van der Waals surface area contributed by atoms with E-state index in [4.69, 9.17) is 27.6 Å². The predicted octanol–water partition coefficient (Wildman–Crippen LogP) is 3.84. The summed E-state index contributed by atoms with van der Waals surface area (Å²) >= 11 is 15.1. The largest absolute Gasteiger partial charge is 0.545 e. The van der Waals surface area contributed by atoms with Gasteiger partial charge >= 0.3 is 0 Å². The summed E-state index contributed by atoms with van der Waals surface area (Å²) in [5.41, 5.74) is 2.85. The van der Waals surface area contributed by atoms with E-state index < -0.39 is 17.8 Å². The number of hydrogen-bond donors (Lipinski definition) is 1. The number of halogens is 3. The van der Waals surface area contributed by atoms with E-state index in [0.29, 0.717) is 20.7 Å². The van der Waals surface area contributed by atoms with Crippen LogP contribution >= 0.6 is 39.1 Å². The molecule has 0 unspecified atom stereocenters. The van der Waals surface area contributed by atoms with Crippen molar-refractivity contribution in [2.75, 3.05) is 5.01 Å². The fraction of sp³-hybridized carbons (Fsp3) is 0. The van der Waals surface area contributed by atoms with Gasteiger partial charge in [0.15, 0.2) is 0 Å². The Kier molecular flexibility index (Phi) is 5.62. The SMILES string of the molecule is O=C1NN(c2ccc(Cl)c(Cl)c2)C(=O)/C1=C\c1ccc(-c2ccc(Br)cc2C(=O)[O-])o1. The fourth-order valence-corrected chi connectivity index (χ4v) is 3.63. The summed E-state index contributed by atoms with van der Waals surface area (Å²) in [7, 11) is 0. The van der Waals surface area contributed by atoms with Crippen molar-refractivity contribution in [2.45, 2.75) is 0 Å². The molecule has 1 aliphatic rings. The van der Waals surface area contributed by atoms with Crippen LogP contribution in [0.25, 0.3) is 17.4 Å². The number of hydrazine groups is 1. The van der Waals surface area contributed by atoms with E-state index in [2.05, 4.69) is 21.4 Å². The normalized spacial score (nSPS) is 14.9. The van der Waals surface area contributed by atoms with E-state index >= 15 is 0 Å². The molecule has 1 saturated heterocycles. The molecule has 31 heavy (non-hydrogen) atoms. The van der Waals surface area contributed by atoms with Gasteiger partial charge in [0.1, 0.15) is 17.1 Å². The molecule has 3 aromatic rings. The summed E-state index contributed by atoms with van der Waals surface area (Å²) in [6.45, 7) is 0. The zero-order valence-electron chi connectivity index (χ0n) is 15.3. The van der Waals surface area contributed by atoms with Crippen LogP contribution < -0.4 is 15.5 Å². The number of anilines is 1. The van der Waals surface area contributed by atoms with Crippen molar-refractivity contribution in [1.82, 2.24) is 5.43 Å². The average molecular weight is 521 g/mol. The maximum Gasteiger partial charge on any atom is 0.282 e. The summed E-state index contributed by atoms with van der Waals surface area (Å²) in [4.78, 5) is 36.5. The van der Waals surface area contributed by atoms with Crippen LogP contribution in [-0.2, 0) is 9.59 Å². The number of hydrogen-bond acceptors (Lipinski definition) is 5. The van der Waals surface area contributed by atoms with E-state index in [9.17, 15) is 19.5 Å². The fourth-order valence-electron chi connectivity index (χ4n) is 2.98. The van der Waals surface area contributed by atoms with E-state index in [0.717, 1.165) is 5.01 Å². The zero-order valence-corrected chi connectivity index (χ0v) is 18.4. The summed E-state index contributed by atoms with van der Waals surface area (Å²) < 4.78 is 6.23. The van der Waals surface area contributed by atoms with Gasteiger partial charge in [0.05, 0.1) is 21.7 Å². The minimum absolute atomic E-state index is 0.0663. The van der Waals surface area contributed by atoms with E-state index in [-0.39, 0.29) is 27.7 Å². The van der Waals surface area contributed by atoms with Gasteiger partial charge < -0.3 is 14.3 Å². The second-order valence-electron chi connectivity index (χ2n) is 6.42. The summed E-state index contributed by atoms with van der Waals surface area (Å²) in [6.07, 6.45) is 1.27. The average Bonchev–Trinajstić information content (AvgIpc) is 3.30. The van der Waals surface area contributed by atoms with Crippen LogP contribution in [0.15, 0.2) is 63.0 Å². The number of furan rings is 1. The van der Waals surface area contributed by atoms with Crippen molar-refractivity contribution in [3.05, 3.63) is 79.9 Å². The number of carbonyl (C=O) groups is 3. The number of aromatic carboxylic acids is 1. The van der Waals surface area contributed by atoms with Gasteiger partial charge in [-0.2, -0.15) is 0 Å². The third-order valence-corrected chi connectivity index (χ3v) is 5.67. The van der Waals surface area contributed by atoms with Crippen molar-refractivity contribution in [1.29, 1.82) is 0 Å². The number of carboxylic acids is 1. The minimum atomic E-state index is -1.37. The molecule has 1 aromatic heterocycles. The van der Waals surface area contributed by atoms with Crippen LogP contribution in [0.4, 0.5) is 5.69 Å². The van der Waals surface area contributed by atoms with Gasteiger partial charge in [0, 0.05) is 15.6 Å². The standard InChI is InChI=1S/C21H11BrCl2N2O5/c22-10-1-4-13(14(7-10)21(29)30)18-6-3-12(31-18)9-15-19(27)25-26(20(15)28)11-2-5-16(23)17(24)8-11/h1-9H,(H,25,27)(H,29,30)/p-1/b15-9-. The molecular formula is C21H10BrCl2N2O5-. The Labute approximate surface area is 194 Å². The molecule has 156 valence electrons. The highest BCUT2D eigenvalue weighted by atomic mass is 79.9. The maximum absolute atomic E-state index is 12.7. The van der Waals surface area contributed by atoms with Crippen LogP contribution in [0.1, 0.15) is 16.1 Å². The number of carboxylic acid groups (broad SMARTS) is 1. The molecule has 1 aliphatic heterocycles. The summed E-state index contributed by atoms with van der Waals surface area (Å²) in [5.74, 6) is -2.17. The van der Waals surface area contributed by atoms with E-state index in [1.165, 1.54) is 42.5 Å². The number of rotatable bonds is 4. The van der Waals surface area contributed by atoms with Crippen LogP contribution in [0, 0.1) is 0 Å². The molecule has 0 bridgehead atoms. The second kappa shape index (κ2) is 8.22. The molecular weight excluding hydrogens is 511 g/mol. The van der Waals surface area contributed by atoms with Crippen molar-refractivity contribution < 1.29 is 23.9 Å². The quantitative estimate of drug-likeness (QED) is 0.416. The highest BCUT2D eigenvalue weighted by Crippen LogP contribution is 2.31. The van der Waals surface area contributed by atoms with Gasteiger partial charge in [-0.15, -0.1) is 0 Å². The first-order chi connectivity index (χ1) is 14.7. The van der Waals surface area contributed by atoms with Crippen LogP contribution in [0.5, 0.6) is 0 Å². The molecule has 4 rings (SSSR count). The van der Waals surface area contributed by atoms with Crippen LogP contribution in [0.2, 0.25) is 10.0 Å². The Morgan fingerprint density at radius 1 is 1.06 bits per heavy atom. The minimum Gasteiger partial charge on any atom is -0.545 e. The Bertz CT molecular complexity index is 1280. The van der Waals surface area contributed by atoms with E-state index in [1.54, 1.807) is 12.1 Å². The zero-order chi connectivity index (χ0) is 22.3. The molecule has 2 amide bonds. The molecule has 1 N–H and O–H groups in total. The first-order valence-corrected chi connectivity index (χ1v) is 10.2. The van der Waals surface area contributed by atoms with Gasteiger partial charge in [0.2, 0.25) is 0 Å². The smallest absolute Gasteiger partial charge is 0.282 e. The Hall–Kier alpha value is -3.07. The highest BCUT2D eigenvalue weighted by molar-refractivity contribution is 9.10. The number of nitrogens with one attached hydrogen (secondary N) is 1. The summed E-state index contributed by atoms with van der Waals surface area (Å²) in [5, 5.41) is 13.0. The number of nitrogens with zero attached hydrogens (tertiary/aromatic N) is 1. The van der Waals surface area contributed by atoms with Crippen LogP contribution in [0.3, 0.4) is 0 Å². The lowest BCUT2D eigenvalue weighted by atomic mass is 10.1. The van der Waals surface area contributed by atoms with Gasteiger partial charge in [-0.3, -0.25) is 15.0 Å². The third kappa shape index (κ3) is 4.10. The first kappa shape index (κ1) is 21.2. The topological polar surface area (TPSA) is 103 Å². The molecule has 0 atom stereocenters. The molecule has 2 aromatic carbocycles. The number of amides is 2. The van der Waals surface area contributed by atoms with Gasteiger partial charge in [0.25, 0.3) is 11.8 Å². The molecule has 0 radical (unpaired) electrons. The second-order valence-corrected chi connectivity index (χ2v) is 8.15. The Morgan fingerprint density at radius 2 is 1.84 bits per heavy atom. The molecule has 0 aliphatic carbocycles. The molecule has 0 saturated carbocycles. The third-order valence-electron chi connectivity index (χ3n) is 4.43. The monoisotopic (exact) mass is 519 g/mol. The van der Waals surface area contributed by atoms with Crippen molar-refractivity contribution in [3.8, 4) is 11.3 Å². The highest BCUT2D eigenvalue weighted by Gasteiger charge is 2.35. The van der Waals surface area contributed by atoms with Crippen LogP contribution in [-0.4, -0.2) is 17.8 Å². The first-order valence-electron chi connectivity index (χ1n) is 8.68.